The third-order valence-electron chi connectivity index (χ3n) is 7.53. The van der Waals surface area contributed by atoms with Crippen LogP contribution in [0.5, 0.6) is 0 Å². The Bertz CT molecular complexity index is 1720. The molecule has 0 aliphatic carbocycles. The zero-order valence-electron chi connectivity index (χ0n) is 29.2. The molecule has 47 heteroatoms. The molecule has 408 valence electrons. The van der Waals surface area contributed by atoms with E-state index in [0.717, 1.165) is 0 Å². The normalized spacial score (nSPS) is 16.4. The quantitative estimate of drug-likeness (QED) is 0.101. The van der Waals surface area contributed by atoms with Gasteiger partial charge in [0.05, 0.1) is 0 Å². The van der Waals surface area contributed by atoms with Crippen molar-refractivity contribution in [2.45, 2.75) is 119 Å². The fourth-order valence-electron chi connectivity index (χ4n) is 3.37. The van der Waals surface area contributed by atoms with E-state index in [9.17, 15) is 204 Å². The number of aliphatic carboxylic acids is 2. The fourth-order valence-corrected chi connectivity index (χ4v) is 3.37. The van der Waals surface area contributed by atoms with Gasteiger partial charge in [0.15, 0.2) is 0 Å². The Hall–Kier alpha value is -2.74. The van der Waals surface area contributed by atoms with Gasteiger partial charge in [-0.3, -0.25) is 0 Å². The predicted octanol–water partition coefficient (Wildman–Crippen LogP) is 9.65. The van der Waals surface area contributed by atoms with Crippen LogP contribution in [-0.4, -0.2) is 169 Å². The third kappa shape index (κ3) is 8.90. The molecular formula is C22CaF42O4. The summed E-state index contributed by atoms with van der Waals surface area (Å²) in [5.74, 6) is -169. The molecule has 0 fully saturated rings. The number of carbonyl (C=O) groups excluding carboxylic acids is 2. The SMILES string of the molecule is O=C([O-])C(F)(F)C(F)(F)C(F)(F)C(F)(F)C(F)(F)C(F)(F)C(F)(F)C(F)(F)C(F)(F)C(F)(F)F.O=C([O-])C(F)(F)C(F)(F)C(F)(F)C(F)(F)C(F)(F)C(F)(F)C(F)(F)C(F)(F)C(F)(F)C(F)(F)F.[Ca+2]. The minimum Gasteiger partial charge on any atom is -0.544 e. The van der Waals surface area contributed by atoms with E-state index in [1.165, 1.54) is 0 Å². The molecule has 0 spiro atoms. The molecule has 0 atom stereocenters. The molecule has 0 radical (unpaired) electrons. The average molecular weight is 1170 g/mol. The Morgan fingerprint density at radius 2 is 0.275 bits per heavy atom. The van der Waals surface area contributed by atoms with Gasteiger partial charge < -0.3 is 19.8 Å². The second-order valence-corrected chi connectivity index (χ2v) is 11.9. The van der Waals surface area contributed by atoms with Gasteiger partial charge in [0.2, 0.25) is 0 Å². The maximum Gasteiger partial charge on any atom is 2.00 e. The van der Waals surface area contributed by atoms with Gasteiger partial charge in [0.25, 0.3) is 0 Å². The number of hydrogen-bond acceptors (Lipinski definition) is 4. The number of carboxylic acid groups (broad SMARTS) is 2. The molecule has 0 saturated carbocycles. The van der Waals surface area contributed by atoms with Crippen LogP contribution in [0.4, 0.5) is 184 Å². The van der Waals surface area contributed by atoms with Crippen LogP contribution in [0.2, 0.25) is 0 Å². The van der Waals surface area contributed by atoms with Crippen molar-refractivity contribution in [1.82, 2.24) is 0 Å². The van der Waals surface area contributed by atoms with Crippen LogP contribution in [0.1, 0.15) is 0 Å². The van der Waals surface area contributed by atoms with E-state index < -0.39 is 131 Å². The molecule has 0 saturated heterocycles. The Labute approximate surface area is 372 Å². The monoisotopic (exact) mass is 1170 g/mol. The van der Waals surface area contributed by atoms with Gasteiger partial charge >= 0.3 is 157 Å². The van der Waals surface area contributed by atoms with Gasteiger partial charge in [-0.05, 0) is 0 Å². The van der Waals surface area contributed by atoms with Crippen molar-refractivity contribution in [3.8, 4) is 0 Å². The Balaban J connectivity index is -0.00000124. The summed E-state index contributed by atoms with van der Waals surface area (Å²) in [6.07, 6.45) is -16.1. The van der Waals surface area contributed by atoms with E-state index in [1.807, 2.05) is 0 Å². The summed E-state index contributed by atoms with van der Waals surface area (Å²) in [5, 5.41) is 19.4. The topological polar surface area (TPSA) is 80.3 Å². The molecule has 0 aliphatic rings. The van der Waals surface area contributed by atoms with Crippen molar-refractivity contribution in [1.29, 1.82) is 0 Å². The minimum atomic E-state index is -9.30. The van der Waals surface area contributed by atoms with E-state index in [0.29, 0.717) is 0 Å². The molecule has 0 aliphatic heterocycles. The Morgan fingerprint density at radius 1 is 0.188 bits per heavy atom. The molecule has 0 aromatic carbocycles. The van der Waals surface area contributed by atoms with Gasteiger partial charge in [0, 0.05) is 0 Å². The summed E-state index contributed by atoms with van der Waals surface area (Å²) in [6.45, 7) is 0. The number of rotatable bonds is 18. The van der Waals surface area contributed by atoms with Crippen LogP contribution in [0.15, 0.2) is 0 Å². The molecule has 0 rings (SSSR count). The molecule has 0 aromatic heterocycles. The van der Waals surface area contributed by atoms with Crippen LogP contribution in [0, 0.1) is 0 Å². The molecule has 0 unspecified atom stereocenters. The van der Waals surface area contributed by atoms with Crippen LogP contribution in [0.25, 0.3) is 0 Å². The predicted molar refractivity (Wildman–Crippen MR) is 117 cm³/mol. The van der Waals surface area contributed by atoms with Crippen molar-refractivity contribution >= 4 is 49.7 Å². The molecule has 0 N–H and O–H groups in total. The van der Waals surface area contributed by atoms with Gasteiger partial charge in [-0.15, -0.1) is 0 Å². The first-order valence-corrected chi connectivity index (χ1v) is 13.8. The molecule has 69 heavy (non-hydrogen) atoms. The van der Waals surface area contributed by atoms with E-state index in [2.05, 4.69) is 0 Å². The number of carbonyl (C=O) groups is 2. The number of alkyl halides is 42. The third-order valence-corrected chi connectivity index (χ3v) is 7.53. The van der Waals surface area contributed by atoms with Gasteiger partial charge in [-0.1, -0.05) is 0 Å². The molecule has 4 nitrogen and oxygen atoms in total. The summed E-state index contributed by atoms with van der Waals surface area (Å²) in [5.41, 5.74) is 0. The number of halogens is 42. The summed E-state index contributed by atoms with van der Waals surface area (Å²) in [6, 6.07) is 0. The molecular weight excluding hydrogens is 1170 g/mol. The van der Waals surface area contributed by atoms with Crippen LogP contribution in [0.3, 0.4) is 0 Å². The van der Waals surface area contributed by atoms with Gasteiger partial charge in [-0.25, -0.2) is 0 Å². The van der Waals surface area contributed by atoms with Gasteiger partial charge in [0.1, 0.15) is 11.9 Å². The number of carboxylic acids is 2. The van der Waals surface area contributed by atoms with Crippen molar-refractivity contribution < 1.29 is 204 Å². The maximum absolute atomic E-state index is 13.2. The van der Waals surface area contributed by atoms with Crippen molar-refractivity contribution in [3.05, 3.63) is 0 Å². The summed E-state index contributed by atoms with van der Waals surface area (Å²) >= 11 is 0. The first-order valence-electron chi connectivity index (χ1n) is 13.8. The van der Waals surface area contributed by atoms with E-state index in [1.54, 1.807) is 0 Å². The smallest absolute Gasteiger partial charge is 0.544 e. The standard InChI is InChI=1S/2C11HF21O2.Ca/c2*12-2(13,1(33)34)3(14,15)4(16,17)5(18,19)6(20,21)7(22,23)8(24,25)9(26,27)10(28,29)11(30,31)32;/h2*(H,33,34);/q;;+2/p-2. The Morgan fingerprint density at radius 3 is 0.362 bits per heavy atom. The summed E-state index contributed by atoms with van der Waals surface area (Å²) in [4.78, 5) is 19.4. The van der Waals surface area contributed by atoms with Gasteiger partial charge in [-0.2, -0.15) is 184 Å². The van der Waals surface area contributed by atoms with Crippen LogP contribution >= 0.6 is 0 Å². The van der Waals surface area contributed by atoms with Crippen molar-refractivity contribution in [2.75, 3.05) is 0 Å². The molecule has 0 bridgehead atoms. The molecule has 0 amide bonds. The van der Waals surface area contributed by atoms with Crippen molar-refractivity contribution in [3.63, 3.8) is 0 Å². The summed E-state index contributed by atoms with van der Waals surface area (Å²) < 4.78 is 538. The molecule has 0 aromatic rings. The van der Waals surface area contributed by atoms with E-state index >= 15 is 0 Å². The summed E-state index contributed by atoms with van der Waals surface area (Å²) in [7, 11) is 0. The fraction of sp³-hybridized carbons (Fsp3) is 0.909. The van der Waals surface area contributed by atoms with Crippen LogP contribution < -0.4 is 10.2 Å². The zero-order valence-corrected chi connectivity index (χ0v) is 31.4. The second kappa shape index (κ2) is 17.7. The Kier molecular flexibility index (Phi) is 18.1. The van der Waals surface area contributed by atoms with E-state index in [4.69, 9.17) is 0 Å². The first-order chi connectivity index (χ1) is 28.4. The maximum atomic E-state index is 13.2. The molecule has 0 heterocycles. The van der Waals surface area contributed by atoms with E-state index in [-0.39, 0.29) is 37.7 Å². The van der Waals surface area contributed by atoms with Crippen LogP contribution in [-0.2, 0) is 9.59 Å². The number of hydrogen-bond donors (Lipinski definition) is 0. The zero-order chi connectivity index (χ0) is 57.2. The van der Waals surface area contributed by atoms with Crippen molar-refractivity contribution in [2.24, 2.45) is 0 Å². The minimum absolute atomic E-state index is 0. The average Bonchev–Trinajstić information content (AvgIpc) is 3.09. The first kappa shape index (κ1) is 70.5. The largest absolute Gasteiger partial charge is 2.00 e. The second-order valence-electron chi connectivity index (χ2n) is 11.9.